The van der Waals surface area contributed by atoms with Gasteiger partial charge in [0.2, 0.25) is 5.91 Å². The van der Waals surface area contributed by atoms with E-state index in [4.69, 9.17) is 5.73 Å². The fraction of sp³-hybridized carbons (Fsp3) is 0.588. The Morgan fingerprint density at radius 1 is 1.36 bits per heavy atom. The van der Waals surface area contributed by atoms with Gasteiger partial charge >= 0.3 is 0 Å². The molecule has 0 heterocycles. The Kier molecular flexibility index (Phi) is 5.45. The number of rotatable bonds is 4. The molecule has 2 bridgehead atoms. The van der Waals surface area contributed by atoms with Gasteiger partial charge in [-0.05, 0) is 67.7 Å². The van der Waals surface area contributed by atoms with Crippen molar-refractivity contribution in [3.63, 3.8) is 0 Å². The molecule has 2 aliphatic rings. The van der Waals surface area contributed by atoms with Crippen LogP contribution in [0.2, 0.25) is 0 Å². The van der Waals surface area contributed by atoms with Crippen LogP contribution in [-0.2, 0) is 11.2 Å². The van der Waals surface area contributed by atoms with Crippen molar-refractivity contribution < 1.29 is 9.18 Å². The second-order valence-electron chi connectivity index (χ2n) is 6.55. The van der Waals surface area contributed by atoms with Crippen LogP contribution in [0.5, 0.6) is 0 Å². The van der Waals surface area contributed by atoms with Gasteiger partial charge in [-0.15, -0.1) is 12.4 Å². The Hall–Kier alpha value is -1.13. The number of benzene rings is 1. The Labute approximate surface area is 137 Å². The van der Waals surface area contributed by atoms with E-state index in [1.54, 1.807) is 6.07 Å². The largest absolute Gasteiger partial charge is 0.355 e. The fourth-order valence-electron chi connectivity index (χ4n) is 4.10. The third-order valence-corrected chi connectivity index (χ3v) is 5.28. The average molecular weight is 327 g/mol. The van der Waals surface area contributed by atoms with E-state index in [0.717, 1.165) is 30.4 Å². The number of fused-ring (bicyclic) bond motifs is 2. The van der Waals surface area contributed by atoms with E-state index in [2.05, 4.69) is 5.32 Å². The van der Waals surface area contributed by atoms with Crippen molar-refractivity contribution >= 4 is 18.3 Å². The molecule has 0 aromatic heterocycles. The summed E-state index contributed by atoms with van der Waals surface area (Å²) in [5.41, 5.74) is 8.20. The molecule has 5 heteroatoms. The van der Waals surface area contributed by atoms with Crippen LogP contribution in [0.15, 0.2) is 18.2 Å². The minimum atomic E-state index is -0.215. The highest BCUT2D eigenvalue weighted by Gasteiger charge is 2.48. The van der Waals surface area contributed by atoms with Crippen molar-refractivity contribution in [1.82, 2.24) is 5.32 Å². The Balaban J connectivity index is 0.00000176. The Morgan fingerprint density at radius 2 is 2.09 bits per heavy atom. The van der Waals surface area contributed by atoms with E-state index in [9.17, 15) is 9.18 Å². The molecule has 0 radical (unpaired) electrons. The maximum absolute atomic E-state index is 13.0. The lowest BCUT2D eigenvalue weighted by Gasteiger charge is -2.27. The van der Waals surface area contributed by atoms with Crippen LogP contribution < -0.4 is 11.1 Å². The number of amides is 1. The molecule has 2 aliphatic carbocycles. The van der Waals surface area contributed by atoms with Gasteiger partial charge < -0.3 is 11.1 Å². The smallest absolute Gasteiger partial charge is 0.224 e. The molecule has 0 saturated heterocycles. The number of carbonyl (C=O) groups is 1. The van der Waals surface area contributed by atoms with Gasteiger partial charge in [0.15, 0.2) is 0 Å². The molecule has 1 amide bonds. The molecule has 0 aliphatic heterocycles. The number of carbonyl (C=O) groups excluding carboxylic acids is 1. The van der Waals surface area contributed by atoms with Crippen LogP contribution in [0.3, 0.4) is 0 Å². The normalized spacial score (nSPS) is 29.2. The van der Waals surface area contributed by atoms with Crippen LogP contribution in [-0.4, -0.2) is 18.5 Å². The van der Waals surface area contributed by atoms with Crippen LogP contribution in [0.25, 0.3) is 0 Å². The second-order valence-corrected chi connectivity index (χ2v) is 6.55. The molecule has 3 nitrogen and oxygen atoms in total. The van der Waals surface area contributed by atoms with E-state index in [1.807, 2.05) is 6.92 Å². The van der Waals surface area contributed by atoms with Crippen LogP contribution >= 0.6 is 12.4 Å². The summed E-state index contributed by atoms with van der Waals surface area (Å²) in [6.45, 7) is 2.48. The van der Waals surface area contributed by atoms with Gasteiger partial charge in [-0.1, -0.05) is 6.07 Å². The fourth-order valence-corrected chi connectivity index (χ4v) is 4.10. The van der Waals surface area contributed by atoms with E-state index >= 15 is 0 Å². The van der Waals surface area contributed by atoms with Crippen molar-refractivity contribution in [3.8, 4) is 0 Å². The lowest BCUT2D eigenvalue weighted by Crippen LogP contribution is -2.45. The predicted molar refractivity (Wildman–Crippen MR) is 87.4 cm³/mol. The second kappa shape index (κ2) is 6.97. The third kappa shape index (κ3) is 3.28. The van der Waals surface area contributed by atoms with Crippen molar-refractivity contribution in [2.24, 2.45) is 23.5 Å². The van der Waals surface area contributed by atoms with Crippen molar-refractivity contribution in [1.29, 1.82) is 0 Å². The standard InChI is InChI=1S/C17H23FN2O.ClH/c1-10-8-14(18)5-4-11(10)6-7-20-17(21)15-12-2-3-13(9-12)16(15)19;/h4-5,8,12-13,15-16H,2-3,6-7,9,19H2,1H3,(H,20,21);1H. The first-order chi connectivity index (χ1) is 10.1. The molecule has 3 rings (SSSR count). The van der Waals surface area contributed by atoms with E-state index < -0.39 is 0 Å². The highest BCUT2D eigenvalue weighted by Crippen LogP contribution is 2.47. The Morgan fingerprint density at radius 3 is 2.73 bits per heavy atom. The van der Waals surface area contributed by atoms with Gasteiger partial charge in [-0.2, -0.15) is 0 Å². The van der Waals surface area contributed by atoms with Crippen LogP contribution in [0.4, 0.5) is 4.39 Å². The molecule has 2 saturated carbocycles. The first-order valence-corrected chi connectivity index (χ1v) is 7.84. The molecule has 4 unspecified atom stereocenters. The highest BCUT2D eigenvalue weighted by molar-refractivity contribution is 5.85. The molecule has 1 aromatic rings. The monoisotopic (exact) mass is 326 g/mol. The quantitative estimate of drug-likeness (QED) is 0.893. The summed E-state index contributed by atoms with van der Waals surface area (Å²) in [5, 5.41) is 3.02. The minimum Gasteiger partial charge on any atom is -0.355 e. The zero-order chi connectivity index (χ0) is 15.0. The molecule has 2 fully saturated rings. The highest BCUT2D eigenvalue weighted by atomic mass is 35.5. The summed E-state index contributed by atoms with van der Waals surface area (Å²) in [5.74, 6) is 0.920. The molecule has 22 heavy (non-hydrogen) atoms. The van der Waals surface area contributed by atoms with Gasteiger partial charge in [-0.3, -0.25) is 4.79 Å². The molecule has 0 spiro atoms. The predicted octanol–water partition coefficient (Wildman–Crippen LogP) is 2.59. The van der Waals surface area contributed by atoms with Gasteiger partial charge in [0.1, 0.15) is 5.82 Å². The van der Waals surface area contributed by atoms with Gasteiger partial charge in [0.25, 0.3) is 0 Å². The average Bonchev–Trinajstić information content (AvgIpc) is 3.01. The summed E-state index contributed by atoms with van der Waals surface area (Å²) < 4.78 is 13.0. The number of nitrogens with one attached hydrogen (secondary N) is 1. The van der Waals surface area contributed by atoms with E-state index in [0.29, 0.717) is 18.4 Å². The lowest BCUT2D eigenvalue weighted by atomic mass is 9.84. The van der Waals surface area contributed by atoms with Crippen molar-refractivity contribution in [2.45, 2.75) is 38.6 Å². The van der Waals surface area contributed by atoms with E-state index in [1.165, 1.54) is 18.6 Å². The first kappa shape index (κ1) is 17.2. The van der Waals surface area contributed by atoms with Gasteiger partial charge in [-0.25, -0.2) is 4.39 Å². The minimum absolute atomic E-state index is 0. The molecular weight excluding hydrogens is 303 g/mol. The summed E-state index contributed by atoms with van der Waals surface area (Å²) in [7, 11) is 0. The first-order valence-electron chi connectivity index (χ1n) is 7.84. The summed E-state index contributed by atoms with van der Waals surface area (Å²) in [6, 6.07) is 4.83. The maximum atomic E-state index is 13.0. The van der Waals surface area contributed by atoms with Gasteiger partial charge in [0.05, 0.1) is 5.92 Å². The Bertz CT molecular complexity index is 549. The molecule has 122 valence electrons. The summed E-state index contributed by atoms with van der Waals surface area (Å²) >= 11 is 0. The number of aryl methyl sites for hydroxylation is 1. The third-order valence-electron chi connectivity index (χ3n) is 5.28. The molecular formula is C17H24ClFN2O. The number of nitrogens with two attached hydrogens (primary N) is 1. The SMILES string of the molecule is Cc1cc(F)ccc1CCNC(=O)C1C2CCC(C2)C1N.Cl. The topological polar surface area (TPSA) is 55.1 Å². The molecule has 3 N–H and O–H groups in total. The zero-order valence-corrected chi connectivity index (χ0v) is 13.7. The number of hydrogen-bond acceptors (Lipinski definition) is 2. The van der Waals surface area contributed by atoms with Crippen molar-refractivity contribution in [3.05, 3.63) is 35.1 Å². The van der Waals surface area contributed by atoms with Gasteiger partial charge in [0, 0.05) is 12.6 Å². The summed E-state index contributed by atoms with van der Waals surface area (Å²) in [6.07, 6.45) is 4.18. The van der Waals surface area contributed by atoms with Crippen molar-refractivity contribution in [2.75, 3.05) is 6.54 Å². The molecule has 4 atom stereocenters. The number of halogens is 2. The molecule has 1 aromatic carbocycles. The van der Waals surface area contributed by atoms with Crippen LogP contribution in [0.1, 0.15) is 30.4 Å². The van der Waals surface area contributed by atoms with Crippen LogP contribution in [0, 0.1) is 30.5 Å². The van der Waals surface area contributed by atoms with E-state index in [-0.39, 0.29) is 36.1 Å². The number of hydrogen-bond donors (Lipinski definition) is 2. The zero-order valence-electron chi connectivity index (χ0n) is 12.8. The summed E-state index contributed by atoms with van der Waals surface area (Å²) in [4.78, 5) is 12.3. The lowest BCUT2D eigenvalue weighted by molar-refractivity contribution is -0.127. The maximum Gasteiger partial charge on any atom is 0.224 e.